The van der Waals surface area contributed by atoms with Crippen LogP contribution in [0.1, 0.15) is 105 Å². The Kier molecular flexibility index (Phi) is 7.16. The summed E-state index contributed by atoms with van der Waals surface area (Å²) in [7, 11) is 0. The molecule has 3 nitrogen and oxygen atoms in total. The highest BCUT2D eigenvalue weighted by Crippen LogP contribution is 2.67. The predicted molar refractivity (Wildman–Crippen MR) is 130 cm³/mol. The van der Waals surface area contributed by atoms with Gasteiger partial charge in [0, 0.05) is 6.92 Å². The number of hydrogen-bond donors (Lipinski definition) is 1. The van der Waals surface area contributed by atoms with Gasteiger partial charge in [0.05, 0.1) is 12.7 Å². The Morgan fingerprint density at radius 2 is 1.91 bits per heavy atom. The Labute approximate surface area is 196 Å². The molecule has 0 amide bonds. The van der Waals surface area contributed by atoms with Crippen molar-refractivity contribution in [3.63, 3.8) is 0 Å². The van der Waals surface area contributed by atoms with Crippen molar-refractivity contribution >= 4 is 5.97 Å². The number of fused-ring (bicyclic) bond motifs is 5. The van der Waals surface area contributed by atoms with Gasteiger partial charge in [-0.15, -0.1) is 0 Å². The van der Waals surface area contributed by atoms with Crippen LogP contribution in [0.2, 0.25) is 0 Å². The molecule has 1 N–H and O–H groups in total. The van der Waals surface area contributed by atoms with Crippen LogP contribution in [-0.2, 0) is 9.53 Å². The molecule has 0 saturated heterocycles. The molecule has 1 unspecified atom stereocenters. The first-order valence-electron chi connectivity index (χ1n) is 13.7. The molecule has 4 rings (SSSR count). The van der Waals surface area contributed by atoms with Crippen LogP contribution < -0.4 is 0 Å². The van der Waals surface area contributed by atoms with E-state index in [1.54, 1.807) is 5.57 Å². The van der Waals surface area contributed by atoms with E-state index < -0.39 is 0 Å². The first-order valence-corrected chi connectivity index (χ1v) is 13.7. The Morgan fingerprint density at radius 3 is 2.66 bits per heavy atom. The van der Waals surface area contributed by atoms with Gasteiger partial charge in [-0.05, 0) is 104 Å². The molecule has 9 atom stereocenters. The van der Waals surface area contributed by atoms with E-state index in [1.165, 1.54) is 58.3 Å². The monoisotopic (exact) mass is 444 g/mol. The second-order valence-electron chi connectivity index (χ2n) is 12.7. The average molecular weight is 445 g/mol. The topological polar surface area (TPSA) is 46.5 Å². The van der Waals surface area contributed by atoms with Gasteiger partial charge in [0.25, 0.3) is 0 Å². The SMILES string of the molecule is CC(=O)OC[C@@H](C)CCC[C@@H](C)[C@H]1CC[C@H]2[C@@H]3CC=C4CC(O)CC[C@]4(C)[C@H]3CC[C@]12C. The first kappa shape index (κ1) is 24.3. The van der Waals surface area contributed by atoms with Crippen molar-refractivity contribution in [3.8, 4) is 0 Å². The zero-order chi connectivity index (χ0) is 23.1. The van der Waals surface area contributed by atoms with Crippen LogP contribution in [0.15, 0.2) is 11.6 Å². The number of aliphatic hydroxyl groups is 1. The van der Waals surface area contributed by atoms with E-state index in [0.29, 0.717) is 23.4 Å². The van der Waals surface area contributed by atoms with Gasteiger partial charge in [-0.1, -0.05) is 52.2 Å². The van der Waals surface area contributed by atoms with Crippen LogP contribution in [0.4, 0.5) is 0 Å². The lowest BCUT2D eigenvalue weighted by atomic mass is 9.47. The molecule has 4 aliphatic rings. The average Bonchev–Trinajstić information content (AvgIpc) is 3.10. The third-order valence-electron chi connectivity index (χ3n) is 10.8. The number of carbonyl (C=O) groups excluding carboxylic acids is 1. The number of hydrogen-bond acceptors (Lipinski definition) is 3. The molecule has 0 spiro atoms. The number of allylic oxidation sites excluding steroid dienone is 1. The summed E-state index contributed by atoms with van der Waals surface area (Å²) in [5.74, 6) is 4.54. The molecule has 3 saturated carbocycles. The Balaban J connectivity index is 1.37. The molecule has 0 heterocycles. The quantitative estimate of drug-likeness (QED) is 0.342. The van der Waals surface area contributed by atoms with E-state index in [1.807, 2.05) is 0 Å². The normalized spacial score (nSPS) is 42.8. The Bertz CT molecular complexity index is 713. The highest BCUT2D eigenvalue weighted by atomic mass is 16.5. The highest BCUT2D eigenvalue weighted by molar-refractivity contribution is 5.65. The van der Waals surface area contributed by atoms with Crippen LogP contribution in [-0.4, -0.2) is 23.8 Å². The molecule has 0 aliphatic heterocycles. The van der Waals surface area contributed by atoms with Gasteiger partial charge < -0.3 is 9.84 Å². The third-order valence-corrected chi connectivity index (χ3v) is 10.8. The van der Waals surface area contributed by atoms with Gasteiger partial charge in [-0.2, -0.15) is 0 Å². The minimum absolute atomic E-state index is 0.104. The van der Waals surface area contributed by atoms with E-state index in [0.717, 1.165) is 48.9 Å². The van der Waals surface area contributed by atoms with Crippen LogP contribution in [0.3, 0.4) is 0 Å². The standard InChI is InChI=1S/C29H48O3/c1-19(18-32-21(3)30)7-6-8-20(2)25-11-12-26-24-10-9-22-17-23(31)13-15-28(22,4)27(24)14-16-29(25,26)5/h9,19-20,23-27,31H,6-8,10-18H2,1-5H3/t19-,20+,23?,24-,25+,26-,27-,28-,29+/m0/s1. The maximum absolute atomic E-state index is 11.0. The van der Waals surface area contributed by atoms with Crippen LogP contribution >= 0.6 is 0 Å². The van der Waals surface area contributed by atoms with Gasteiger partial charge >= 0.3 is 5.97 Å². The Hall–Kier alpha value is -0.830. The fourth-order valence-electron chi connectivity index (χ4n) is 8.95. The van der Waals surface area contributed by atoms with Crippen molar-refractivity contribution < 1.29 is 14.6 Å². The molecule has 0 aromatic rings. The number of rotatable bonds is 7. The van der Waals surface area contributed by atoms with Gasteiger partial charge in [-0.3, -0.25) is 4.79 Å². The molecule has 0 aromatic heterocycles. The zero-order valence-electron chi connectivity index (χ0n) is 21.4. The number of aliphatic hydroxyl groups excluding tert-OH is 1. The summed E-state index contributed by atoms with van der Waals surface area (Å²) in [5.41, 5.74) is 2.46. The van der Waals surface area contributed by atoms with E-state index in [-0.39, 0.29) is 12.1 Å². The molecule has 182 valence electrons. The molecular weight excluding hydrogens is 396 g/mol. The number of carbonyl (C=O) groups is 1. The van der Waals surface area contributed by atoms with E-state index in [2.05, 4.69) is 33.8 Å². The molecule has 3 fully saturated rings. The summed E-state index contributed by atoms with van der Waals surface area (Å²) >= 11 is 0. The van der Waals surface area contributed by atoms with Gasteiger partial charge in [-0.25, -0.2) is 0 Å². The minimum Gasteiger partial charge on any atom is -0.466 e. The molecular formula is C29H48O3. The molecule has 0 radical (unpaired) electrons. The smallest absolute Gasteiger partial charge is 0.302 e. The van der Waals surface area contributed by atoms with Crippen LogP contribution in [0.5, 0.6) is 0 Å². The van der Waals surface area contributed by atoms with Crippen molar-refractivity contribution in [1.29, 1.82) is 0 Å². The van der Waals surface area contributed by atoms with Crippen molar-refractivity contribution in [1.82, 2.24) is 0 Å². The van der Waals surface area contributed by atoms with Crippen molar-refractivity contribution in [2.75, 3.05) is 6.61 Å². The molecule has 3 heteroatoms. The van der Waals surface area contributed by atoms with Crippen LogP contribution in [0.25, 0.3) is 0 Å². The molecule has 4 aliphatic carbocycles. The lowest BCUT2D eigenvalue weighted by molar-refractivity contribution is -0.142. The number of esters is 1. The van der Waals surface area contributed by atoms with Gasteiger partial charge in [0.2, 0.25) is 0 Å². The highest BCUT2D eigenvalue weighted by Gasteiger charge is 2.59. The largest absolute Gasteiger partial charge is 0.466 e. The first-order chi connectivity index (χ1) is 15.1. The summed E-state index contributed by atoms with van der Waals surface area (Å²) in [6.45, 7) is 12.0. The lowest BCUT2D eigenvalue weighted by Crippen LogP contribution is -2.50. The summed E-state index contributed by atoms with van der Waals surface area (Å²) in [6, 6.07) is 0. The van der Waals surface area contributed by atoms with Gasteiger partial charge in [0.15, 0.2) is 0 Å². The summed E-state index contributed by atoms with van der Waals surface area (Å²) in [6.07, 6.45) is 16.2. The van der Waals surface area contributed by atoms with Crippen molar-refractivity contribution in [2.45, 2.75) is 111 Å². The summed E-state index contributed by atoms with van der Waals surface area (Å²) in [4.78, 5) is 11.0. The van der Waals surface area contributed by atoms with Gasteiger partial charge in [0.1, 0.15) is 0 Å². The molecule has 0 aromatic carbocycles. The fourth-order valence-corrected chi connectivity index (χ4v) is 8.95. The van der Waals surface area contributed by atoms with E-state index >= 15 is 0 Å². The van der Waals surface area contributed by atoms with E-state index in [4.69, 9.17) is 4.74 Å². The number of ether oxygens (including phenoxy) is 1. The fraction of sp³-hybridized carbons (Fsp3) is 0.897. The van der Waals surface area contributed by atoms with E-state index in [9.17, 15) is 9.90 Å². The second-order valence-corrected chi connectivity index (χ2v) is 12.7. The molecule has 32 heavy (non-hydrogen) atoms. The minimum atomic E-state index is -0.159. The Morgan fingerprint density at radius 1 is 1.12 bits per heavy atom. The van der Waals surface area contributed by atoms with Crippen LogP contribution in [0, 0.1) is 46.3 Å². The van der Waals surface area contributed by atoms with Crippen molar-refractivity contribution in [2.24, 2.45) is 46.3 Å². The molecule has 0 bridgehead atoms. The lowest BCUT2D eigenvalue weighted by Gasteiger charge is -2.58. The second kappa shape index (κ2) is 9.43. The third kappa shape index (κ3) is 4.44. The maximum Gasteiger partial charge on any atom is 0.302 e. The summed E-state index contributed by atoms with van der Waals surface area (Å²) in [5, 5.41) is 10.2. The van der Waals surface area contributed by atoms with Crippen molar-refractivity contribution in [3.05, 3.63) is 11.6 Å². The zero-order valence-corrected chi connectivity index (χ0v) is 21.4. The predicted octanol–water partition coefficient (Wildman–Crippen LogP) is 6.93. The maximum atomic E-state index is 11.0. The summed E-state index contributed by atoms with van der Waals surface area (Å²) < 4.78 is 5.19.